The summed E-state index contributed by atoms with van der Waals surface area (Å²) in [5.74, 6) is -0.216. The van der Waals surface area contributed by atoms with Gasteiger partial charge >= 0.3 is 0 Å². The number of anilines is 1. The van der Waals surface area contributed by atoms with Crippen LogP contribution >= 0.6 is 0 Å². The van der Waals surface area contributed by atoms with E-state index in [0.29, 0.717) is 18.2 Å². The van der Waals surface area contributed by atoms with Gasteiger partial charge in [-0.05, 0) is 68.7 Å². The Morgan fingerprint density at radius 3 is 2.17 bits per heavy atom. The largest absolute Gasteiger partial charge is 0.372 e. The summed E-state index contributed by atoms with van der Waals surface area (Å²) < 4.78 is 24.4. The molecule has 0 aliphatic heterocycles. The average Bonchev–Trinajstić information content (AvgIpc) is 2.78. The molecule has 0 saturated heterocycles. The Hall–Kier alpha value is -2.34. The fourth-order valence-corrected chi connectivity index (χ4v) is 4.94. The van der Waals surface area contributed by atoms with Gasteiger partial charge in [0.2, 0.25) is 0 Å². The summed E-state index contributed by atoms with van der Waals surface area (Å²) in [4.78, 5) is 15.0. The van der Waals surface area contributed by atoms with E-state index in [9.17, 15) is 13.2 Å². The minimum atomic E-state index is -3.33. The van der Waals surface area contributed by atoms with E-state index in [0.717, 1.165) is 5.56 Å². The molecule has 1 N–H and O–H groups in total. The zero-order valence-corrected chi connectivity index (χ0v) is 18.9. The van der Waals surface area contributed by atoms with Crippen molar-refractivity contribution in [3.05, 3.63) is 59.7 Å². The number of sulfone groups is 1. The Morgan fingerprint density at radius 2 is 1.60 bits per heavy atom. The topological polar surface area (TPSA) is 66.5 Å². The monoisotopic (exact) mass is 428 g/mol. The van der Waals surface area contributed by atoms with Crippen molar-refractivity contribution in [3.63, 3.8) is 0 Å². The van der Waals surface area contributed by atoms with Gasteiger partial charge in [0, 0.05) is 30.9 Å². The van der Waals surface area contributed by atoms with Crippen LogP contribution in [0.5, 0.6) is 0 Å². The molecule has 0 atom stereocenters. The number of hydrogen-bond acceptors (Lipinski definition) is 4. The molecule has 0 spiro atoms. The van der Waals surface area contributed by atoms with Gasteiger partial charge in [0.15, 0.2) is 9.84 Å². The van der Waals surface area contributed by atoms with E-state index < -0.39 is 15.1 Å². The molecule has 30 heavy (non-hydrogen) atoms. The van der Waals surface area contributed by atoms with Gasteiger partial charge in [0.05, 0.1) is 10.1 Å². The van der Waals surface area contributed by atoms with Crippen molar-refractivity contribution in [1.29, 1.82) is 0 Å². The Balaban J connectivity index is 1.57. The molecule has 6 heteroatoms. The molecule has 2 aromatic carbocycles. The maximum Gasteiger partial charge on any atom is 0.251 e. The Labute approximate surface area is 180 Å². The van der Waals surface area contributed by atoms with Gasteiger partial charge in [-0.1, -0.05) is 31.4 Å². The summed E-state index contributed by atoms with van der Waals surface area (Å²) in [5.41, 5.74) is 2.69. The van der Waals surface area contributed by atoms with E-state index in [1.165, 1.54) is 49.9 Å². The van der Waals surface area contributed by atoms with Gasteiger partial charge in [-0.2, -0.15) is 0 Å². The maximum atomic E-state index is 12.4. The molecule has 2 aromatic rings. The van der Waals surface area contributed by atoms with Gasteiger partial charge < -0.3 is 10.2 Å². The molecule has 5 nitrogen and oxygen atoms in total. The summed E-state index contributed by atoms with van der Waals surface area (Å²) >= 11 is 0. The highest BCUT2D eigenvalue weighted by Crippen LogP contribution is 2.26. The maximum absolute atomic E-state index is 12.4. The van der Waals surface area contributed by atoms with Crippen LogP contribution in [-0.4, -0.2) is 32.7 Å². The molecule has 0 bridgehead atoms. The van der Waals surface area contributed by atoms with Crippen molar-refractivity contribution in [2.45, 2.75) is 68.7 Å². The molecular formula is C24H32N2O3S. The predicted octanol–water partition coefficient (Wildman–Crippen LogP) is 4.57. The van der Waals surface area contributed by atoms with E-state index in [2.05, 4.69) is 29.4 Å². The number of benzene rings is 2. The predicted molar refractivity (Wildman–Crippen MR) is 122 cm³/mol. The van der Waals surface area contributed by atoms with Gasteiger partial charge in [-0.15, -0.1) is 0 Å². The van der Waals surface area contributed by atoms with Crippen molar-refractivity contribution in [2.24, 2.45) is 0 Å². The second kappa shape index (κ2) is 9.65. The van der Waals surface area contributed by atoms with Crippen LogP contribution in [0.15, 0.2) is 53.4 Å². The van der Waals surface area contributed by atoms with Gasteiger partial charge in [0.1, 0.15) is 0 Å². The molecule has 1 fully saturated rings. The Bertz CT molecular complexity index is 945. The number of amides is 1. The quantitative estimate of drug-likeness (QED) is 0.702. The van der Waals surface area contributed by atoms with Crippen LogP contribution in [0.3, 0.4) is 0 Å². The lowest BCUT2D eigenvalue weighted by Crippen LogP contribution is -2.33. The van der Waals surface area contributed by atoms with Gasteiger partial charge in [-0.25, -0.2) is 8.42 Å². The molecule has 1 saturated carbocycles. The molecule has 0 unspecified atom stereocenters. The lowest BCUT2D eigenvalue weighted by atomic mass is 9.94. The van der Waals surface area contributed by atoms with Crippen molar-refractivity contribution in [1.82, 2.24) is 5.32 Å². The molecule has 1 aliphatic rings. The molecule has 0 radical (unpaired) electrons. The molecular weight excluding hydrogens is 396 g/mol. The third-order valence-electron chi connectivity index (χ3n) is 5.98. The van der Waals surface area contributed by atoms with Crippen LogP contribution in [0.4, 0.5) is 5.69 Å². The van der Waals surface area contributed by atoms with E-state index in [4.69, 9.17) is 0 Å². The van der Waals surface area contributed by atoms with Crippen molar-refractivity contribution in [2.75, 3.05) is 11.9 Å². The Morgan fingerprint density at radius 1 is 1.00 bits per heavy atom. The lowest BCUT2D eigenvalue weighted by molar-refractivity contribution is 0.0951. The van der Waals surface area contributed by atoms with Crippen LogP contribution in [0.1, 0.15) is 61.9 Å². The van der Waals surface area contributed by atoms with Crippen molar-refractivity contribution in [3.8, 4) is 0 Å². The second-order valence-corrected chi connectivity index (χ2v) is 10.9. The fraction of sp³-hybridized carbons (Fsp3) is 0.458. The first-order valence-electron chi connectivity index (χ1n) is 10.7. The highest BCUT2D eigenvalue weighted by Gasteiger charge is 2.20. The van der Waals surface area contributed by atoms with E-state index in [1.54, 1.807) is 26.0 Å². The van der Waals surface area contributed by atoms with Crippen LogP contribution in [0, 0.1) is 0 Å². The molecule has 1 amide bonds. The smallest absolute Gasteiger partial charge is 0.251 e. The zero-order chi connectivity index (χ0) is 21.7. The number of carbonyl (C=O) groups is 1. The van der Waals surface area contributed by atoms with Crippen molar-refractivity contribution >= 4 is 21.4 Å². The summed E-state index contributed by atoms with van der Waals surface area (Å²) in [5, 5.41) is 2.42. The highest BCUT2D eigenvalue weighted by atomic mass is 32.2. The van der Waals surface area contributed by atoms with Crippen LogP contribution in [-0.2, 0) is 16.4 Å². The second-order valence-electron chi connectivity index (χ2n) is 8.37. The standard InChI is InChI=1S/C24H32N2O3S/c1-18(2)30(28,29)23-15-11-20(12-16-23)24(27)25-17-19-9-13-22(14-10-19)26(3)21-7-5-4-6-8-21/h9-16,18,21H,4-8,17H2,1-3H3,(H,25,27). The number of hydrogen-bond donors (Lipinski definition) is 1. The summed E-state index contributed by atoms with van der Waals surface area (Å²) in [6, 6.07) is 15.1. The fourth-order valence-electron chi connectivity index (χ4n) is 3.88. The van der Waals surface area contributed by atoms with E-state index in [-0.39, 0.29) is 10.8 Å². The third-order valence-corrected chi connectivity index (χ3v) is 8.16. The minimum absolute atomic E-state index is 0.216. The Kier molecular flexibility index (Phi) is 7.19. The SMILES string of the molecule is CC(C)S(=O)(=O)c1ccc(C(=O)NCc2ccc(N(C)C3CCCCC3)cc2)cc1. The lowest BCUT2D eigenvalue weighted by Gasteiger charge is -2.33. The molecule has 0 aromatic heterocycles. The molecule has 1 aliphatic carbocycles. The normalized spacial score (nSPS) is 15.2. The van der Waals surface area contributed by atoms with Gasteiger partial charge in [0.25, 0.3) is 5.91 Å². The van der Waals surface area contributed by atoms with Crippen LogP contribution in [0.25, 0.3) is 0 Å². The highest BCUT2D eigenvalue weighted by molar-refractivity contribution is 7.92. The summed E-state index contributed by atoms with van der Waals surface area (Å²) in [6.45, 7) is 3.72. The van der Waals surface area contributed by atoms with Crippen molar-refractivity contribution < 1.29 is 13.2 Å². The zero-order valence-electron chi connectivity index (χ0n) is 18.1. The third kappa shape index (κ3) is 5.22. The number of rotatable bonds is 7. The van der Waals surface area contributed by atoms with Crippen LogP contribution < -0.4 is 10.2 Å². The average molecular weight is 429 g/mol. The molecule has 162 valence electrons. The molecule has 0 heterocycles. The van der Waals surface area contributed by atoms with Crippen LogP contribution in [0.2, 0.25) is 0 Å². The van der Waals surface area contributed by atoms with Gasteiger partial charge in [-0.3, -0.25) is 4.79 Å². The first-order chi connectivity index (χ1) is 14.3. The first-order valence-corrected chi connectivity index (χ1v) is 12.3. The van der Waals surface area contributed by atoms with E-state index >= 15 is 0 Å². The number of nitrogens with one attached hydrogen (secondary N) is 1. The number of carbonyl (C=O) groups excluding carboxylic acids is 1. The number of nitrogens with zero attached hydrogens (tertiary/aromatic N) is 1. The summed E-state index contributed by atoms with van der Waals surface area (Å²) in [7, 11) is -1.17. The molecule has 3 rings (SSSR count). The van der Waals surface area contributed by atoms with E-state index in [1.807, 2.05) is 12.1 Å². The summed E-state index contributed by atoms with van der Waals surface area (Å²) in [6.07, 6.45) is 6.48. The minimum Gasteiger partial charge on any atom is -0.372 e. The first kappa shape index (κ1) is 22.3.